The van der Waals surface area contributed by atoms with E-state index in [0.717, 1.165) is 19.4 Å². The SMILES string of the molecule is COc1cccnc1C(=O)C1CC2CCCC(C1)N2Cc1ccccc1. The maximum Gasteiger partial charge on any atom is 0.188 e. The van der Waals surface area contributed by atoms with Crippen LogP contribution >= 0.6 is 0 Å². The molecular weight excluding hydrogens is 324 g/mol. The fourth-order valence-corrected chi connectivity index (χ4v) is 4.68. The molecule has 26 heavy (non-hydrogen) atoms. The number of hydrogen-bond donors (Lipinski definition) is 0. The number of benzene rings is 1. The average molecular weight is 350 g/mol. The molecule has 1 aromatic heterocycles. The summed E-state index contributed by atoms with van der Waals surface area (Å²) in [4.78, 5) is 20.1. The average Bonchev–Trinajstić information content (AvgIpc) is 2.68. The summed E-state index contributed by atoms with van der Waals surface area (Å²) >= 11 is 0. The summed E-state index contributed by atoms with van der Waals surface area (Å²) in [5.74, 6) is 0.800. The largest absolute Gasteiger partial charge is 0.494 e. The van der Waals surface area contributed by atoms with E-state index in [1.165, 1.54) is 24.8 Å². The summed E-state index contributed by atoms with van der Waals surface area (Å²) in [7, 11) is 1.60. The van der Waals surface area contributed by atoms with Crippen LogP contribution in [0.2, 0.25) is 0 Å². The first-order valence-electron chi connectivity index (χ1n) is 9.59. The molecule has 3 heterocycles. The van der Waals surface area contributed by atoms with E-state index in [1.54, 1.807) is 13.3 Å². The van der Waals surface area contributed by atoms with Crippen LogP contribution in [0.25, 0.3) is 0 Å². The molecule has 0 spiro atoms. The quantitative estimate of drug-likeness (QED) is 0.761. The number of rotatable bonds is 5. The molecule has 2 aromatic rings. The second-order valence-corrected chi connectivity index (χ2v) is 7.48. The minimum atomic E-state index is 0.0566. The zero-order valence-corrected chi connectivity index (χ0v) is 15.3. The van der Waals surface area contributed by atoms with Crippen molar-refractivity contribution in [3.8, 4) is 5.75 Å². The third-order valence-electron chi connectivity index (χ3n) is 5.93. The van der Waals surface area contributed by atoms with Crippen molar-refractivity contribution in [1.82, 2.24) is 9.88 Å². The highest BCUT2D eigenvalue weighted by Crippen LogP contribution is 2.39. The molecule has 1 aromatic carbocycles. The molecule has 2 saturated heterocycles. The van der Waals surface area contributed by atoms with Gasteiger partial charge in [-0.25, -0.2) is 4.98 Å². The molecule has 4 heteroatoms. The molecule has 2 aliphatic heterocycles. The highest BCUT2D eigenvalue weighted by Gasteiger charge is 2.41. The van der Waals surface area contributed by atoms with Crippen molar-refractivity contribution in [3.05, 3.63) is 59.9 Å². The molecule has 2 atom stereocenters. The minimum Gasteiger partial charge on any atom is -0.494 e. The Labute approximate surface area is 155 Å². The Balaban J connectivity index is 1.51. The molecule has 4 nitrogen and oxygen atoms in total. The van der Waals surface area contributed by atoms with Crippen molar-refractivity contribution in [2.24, 2.45) is 5.92 Å². The second kappa shape index (κ2) is 7.58. The zero-order chi connectivity index (χ0) is 17.9. The number of fused-ring (bicyclic) bond motifs is 2. The van der Waals surface area contributed by atoms with Crippen LogP contribution in [0.5, 0.6) is 5.75 Å². The first-order valence-corrected chi connectivity index (χ1v) is 9.59. The van der Waals surface area contributed by atoms with Gasteiger partial charge in [-0.2, -0.15) is 0 Å². The number of pyridine rings is 1. The Kier molecular flexibility index (Phi) is 5.02. The van der Waals surface area contributed by atoms with Crippen molar-refractivity contribution >= 4 is 5.78 Å². The highest BCUT2D eigenvalue weighted by molar-refractivity contribution is 5.98. The van der Waals surface area contributed by atoms with Gasteiger partial charge in [-0.15, -0.1) is 0 Å². The molecule has 2 unspecified atom stereocenters. The van der Waals surface area contributed by atoms with Crippen LogP contribution in [0, 0.1) is 5.92 Å². The normalized spacial score (nSPS) is 25.7. The van der Waals surface area contributed by atoms with E-state index in [0.29, 0.717) is 23.5 Å². The predicted molar refractivity (Wildman–Crippen MR) is 101 cm³/mol. The smallest absolute Gasteiger partial charge is 0.188 e. The maximum atomic E-state index is 13.1. The number of ether oxygens (including phenoxy) is 1. The standard InChI is InChI=1S/C22H26N2O2/c1-26-20-11-6-12-23-21(20)22(25)17-13-18-9-5-10-19(14-17)24(18)15-16-7-3-2-4-8-16/h2-4,6-8,11-12,17-19H,5,9-10,13-15H2,1H3. The van der Waals surface area contributed by atoms with E-state index in [1.807, 2.05) is 12.1 Å². The fourth-order valence-electron chi connectivity index (χ4n) is 4.68. The Morgan fingerprint density at radius 1 is 1.12 bits per heavy atom. The molecule has 2 aliphatic rings. The van der Waals surface area contributed by atoms with Gasteiger partial charge in [-0.1, -0.05) is 36.8 Å². The molecule has 0 N–H and O–H groups in total. The zero-order valence-electron chi connectivity index (χ0n) is 15.3. The van der Waals surface area contributed by atoms with Crippen molar-refractivity contribution in [1.29, 1.82) is 0 Å². The van der Waals surface area contributed by atoms with Crippen molar-refractivity contribution in [2.45, 2.75) is 50.7 Å². The van der Waals surface area contributed by atoms with E-state index in [-0.39, 0.29) is 11.7 Å². The Morgan fingerprint density at radius 2 is 1.85 bits per heavy atom. The lowest BCUT2D eigenvalue weighted by Gasteiger charge is -2.48. The van der Waals surface area contributed by atoms with Gasteiger partial charge in [0.15, 0.2) is 5.78 Å². The molecule has 136 valence electrons. The molecule has 0 saturated carbocycles. The third kappa shape index (κ3) is 3.38. The van der Waals surface area contributed by atoms with Crippen LogP contribution in [0.4, 0.5) is 0 Å². The van der Waals surface area contributed by atoms with Crippen LogP contribution < -0.4 is 4.74 Å². The number of hydrogen-bond acceptors (Lipinski definition) is 4. The van der Waals surface area contributed by atoms with Crippen molar-refractivity contribution in [3.63, 3.8) is 0 Å². The molecule has 4 rings (SSSR count). The number of Topliss-reactive ketones (excluding diaryl/α,β-unsaturated/α-hetero) is 1. The number of ketones is 1. The topological polar surface area (TPSA) is 42.4 Å². The van der Waals surface area contributed by atoms with E-state index >= 15 is 0 Å². The van der Waals surface area contributed by atoms with Gasteiger partial charge in [0, 0.05) is 30.7 Å². The van der Waals surface area contributed by atoms with Crippen LogP contribution in [0.1, 0.15) is 48.2 Å². The van der Waals surface area contributed by atoms with Gasteiger partial charge in [-0.3, -0.25) is 9.69 Å². The highest BCUT2D eigenvalue weighted by atomic mass is 16.5. The lowest BCUT2D eigenvalue weighted by molar-refractivity contribution is 0.00884. The molecular formula is C22H26N2O2. The molecule has 0 aliphatic carbocycles. The Morgan fingerprint density at radius 3 is 2.54 bits per heavy atom. The second-order valence-electron chi connectivity index (χ2n) is 7.48. The lowest BCUT2D eigenvalue weighted by Crippen LogP contribution is -2.52. The van der Waals surface area contributed by atoms with Gasteiger partial charge in [0.2, 0.25) is 0 Å². The van der Waals surface area contributed by atoms with Crippen LogP contribution in [0.3, 0.4) is 0 Å². The monoisotopic (exact) mass is 350 g/mol. The number of carbonyl (C=O) groups is 1. The predicted octanol–water partition coefficient (Wildman–Crippen LogP) is 4.11. The lowest BCUT2D eigenvalue weighted by atomic mass is 9.76. The van der Waals surface area contributed by atoms with E-state index in [2.05, 4.69) is 40.2 Å². The first kappa shape index (κ1) is 17.2. The molecule has 0 amide bonds. The molecule has 0 radical (unpaired) electrons. The summed E-state index contributed by atoms with van der Waals surface area (Å²) in [6.07, 6.45) is 7.19. The van der Waals surface area contributed by atoms with E-state index in [4.69, 9.17) is 4.74 Å². The summed E-state index contributed by atoms with van der Waals surface area (Å²) in [6.45, 7) is 0.990. The van der Waals surface area contributed by atoms with Crippen LogP contribution in [0.15, 0.2) is 48.7 Å². The summed E-state index contributed by atoms with van der Waals surface area (Å²) in [5, 5.41) is 0. The van der Waals surface area contributed by atoms with Gasteiger partial charge in [0.25, 0.3) is 0 Å². The van der Waals surface area contributed by atoms with E-state index in [9.17, 15) is 4.79 Å². The maximum absolute atomic E-state index is 13.1. The van der Waals surface area contributed by atoms with Crippen molar-refractivity contribution < 1.29 is 9.53 Å². The third-order valence-corrected chi connectivity index (χ3v) is 5.93. The first-order chi connectivity index (χ1) is 12.8. The number of nitrogens with zero attached hydrogens (tertiary/aromatic N) is 2. The number of carbonyl (C=O) groups excluding carboxylic acids is 1. The Bertz CT molecular complexity index is 748. The van der Waals surface area contributed by atoms with Crippen LogP contribution in [-0.2, 0) is 6.54 Å². The van der Waals surface area contributed by atoms with Gasteiger partial charge in [0.05, 0.1) is 7.11 Å². The van der Waals surface area contributed by atoms with Gasteiger partial charge in [0.1, 0.15) is 11.4 Å². The van der Waals surface area contributed by atoms with Crippen LogP contribution in [-0.4, -0.2) is 34.9 Å². The summed E-state index contributed by atoms with van der Waals surface area (Å²) < 4.78 is 5.36. The van der Waals surface area contributed by atoms with Crippen molar-refractivity contribution in [2.75, 3.05) is 7.11 Å². The molecule has 2 bridgehead atoms. The molecule has 2 fully saturated rings. The summed E-state index contributed by atoms with van der Waals surface area (Å²) in [6, 6.07) is 15.3. The number of piperidine rings is 2. The van der Waals surface area contributed by atoms with Gasteiger partial charge < -0.3 is 4.74 Å². The number of aromatic nitrogens is 1. The van der Waals surface area contributed by atoms with Gasteiger partial charge >= 0.3 is 0 Å². The minimum absolute atomic E-state index is 0.0566. The van der Waals surface area contributed by atoms with Gasteiger partial charge in [-0.05, 0) is 43.4 Å². The fraction of sp³-hybridized carbons (Fsp3) is 0.455. The van der Waals surface area contributed by atoms with E-state index < -0.39 is 0 Å². The number of methoxy groups -OCH3 is 1. The Hall–Kier alpha value is -2.20. The summed E-state index contributed by atoms with van der Waals surface area (Å²) in [5.41, 5.74) is 1.86.